The number of imidazole rings is 2. The van der Waals surface area contributed by atoms with Gasteiger partial charge in [0.25, 0.3) is 0 Å². The Morgan fingerprint density at radius 1 is 0.576 bits per heavy atom. The Bertz CT molecular complexity index is 3120. The van der Waals surface area contributed by atoms with Crippen molar-refractivity contribution in [3.8, 4) is 56.7 Å². The van der Waals surface area contributed by atoms with Crippen LogP contribution in [0.1, 0.15) is 23.0 Å². The molecule has 0 aliphatic rings. The highest BCUT2D eigenvalue weighted by Gasteiger charge is 2.19. The van der Waals surface area contributed by atoms with Crippen LogP contribution in [0.2, 0.25) is 0 Å². The molecule has 10 rings (SSSR count). The normalized spacial score (nSPS) is 11.4. The Labute approximate surface area is 336 Å². The third-order valence-corrected chi connectivity index (χ3v) is 9.87. The van der Waals surface area contributed by atoms with E-state index < -0.39 is 0 Å². The first kappa shape index (κ1) is 35.4. The average Bonchev–Trinajstić information content (AvgIpc) is 4.08. The molecule has 4 N–H and O–H groups in total. The topological polar surface area (TPSA) is 168 Å². The summed E-state index contributed by atoms with van der Waals surface area (Å²) in [5, 5.41) is 15.8. The number of aromatic nitrogens is 12. The quantitative estimate of drug-likeness (QED) is 0.100. The lowest BCUT2D eigenvalue weighted by molar-refractivity contribution is 0.630. The van der Waals surface area contributed by atoms with Gasteiger partial charge in [-0.3, -0.25) is 9.97 Å². The van der Waals surface area contributed by atoms with Crippen LogP contribution in [0.4, 0.5) is 15.8 Å². The number of anilines is 2. The van der Waals surface area contributed by atoms with Crippen LogP contribution in [0.15, 0.2) is 128 Å². The summed E-state index contributed by atoms with van der Waals surface area (Å²) in [6.45, 7) is 4.66. The summed E-state index contributed by atoms with van der Waals surface area (Å²) >= 11 is 0. The summed E-state index contributed by atoms with van der Waals surface area (Å²) in [5.74, 6) is 1.65. The molecule has 0 saturated carbocycles. The molecule has 0 radical (unpaired) electrons. The predicted molar refractivity (Wildman–Crippen MR) is 224 cm³/mol. The number of pyridine rings is 4. The van der Waals surface area contributed by atoms with Crippen LogP contribution in [-0.4, -0.2) is 59.1 Å². The number of nitrogens with zero attached hydrogens (tertiary/aromatic N) is 10. The van der Waals surface area contributed by atoms with Crippen molar-refractivity contribution in [2.45, 2.75) is 26.9 Å². The molecule has 0 spiro atoms. The molecular formula is C44H35FN14. The molecule has 8 heterocycles. The minimum atomic E-state index is -0.328. The Morgan fingerprint density at radius 3 is 1.85 bits per heavy atom. The summed E-state index contributed by atoms with van der Waals surface area (Å²) < 4.78 is 17.9. The number of benzene rings is 2. The zero-order chi connectivity index (χ0) is 39.9. The smallest absolute Gasteiger partial charge is 0.182 e. The van der Waals surface area contributed by atoms with Gasteiger partial charge in [-0.25, -0.2) is 33.4 Å². The van der Waals surface area contributed by atoms with E-state index in [0.29, 0.717) is 35.2 Å². The van der Waals surface area contributed by atoms with Crippen molar-refractivity contribution in [3.63, 3.8) is 0 Å². The van der Waals surface area contributed by atoms with E-state index in [-0.39, 0.29) is 12.4 Å². The first-order valence-corrected chi connectivity index (χ1v) is 19.0. The van der Waals surface area contributed by atoms with Crippen LogP contribution < -0.4 is 10.6 Å². The van der Waals surface area contributed by atoms with Crippen LogP contribution in [0, 0.1) is 19.7 Å². The monoisotopic (exact) mass is 778 g/mol. The zero-order valence-electron chi connectivity index (χ0n) is 31.9. The fourth-order valence-electron chi connectivity index (χ4n) is 6.97. The number of aromatic amines is 2. The fraction of sp³-hybridized carbons (Fsp3) is 0.0909. The number of aryl methyl sites for hydroxylation is 2. The van der Waals surface area contributed by atoms with Crippen molar-refractivity contribution in [3.05, 3.63) is 157 Å². The van der Waals surface area contributed by atoms with Gasteiger partial charge in [0.05, 0.1) is 52.9 Å². The summed E-state index contributed by atoms with van der Waals surface area (Å²) in [6, 6.07) is 34.1. The number of rotatable bonds is 11. The number of H-pyrrole nitrogens is 2. The van der Waals surface area contributed by atoms with Crippen LogP contribution in [0.3, 0.4) is 0 Å². The molecule has 10 aromatic rings. The lowest BCUT2D eigenvalue weighted by atomic mass is 10.1. The van der Waals surface area contributed by atoms with Gasteiger partial charge in [0, 0.05) is 46.2 Å². The summed E-state index contributed by atoms with van der Waals surface area (Å²) in [6.07, 6.45) is 5.36. The molecule has 0 aliphatic heterocycles. The van der Waals surface area contributed by atoms with Crippen molar-refractivity contribution < 1.29 is 4.39 Å². The van der Waals surface area contributed by atoms with Gasteiger partial charge in [-0.15, -0.1) is 5.10 Å². The fourth-order valence-corrected chi connectivity index (χ4v) is 6.97. The highest BCUT2D eigenvalue weighted by Crippen LogP contribution is 2.32. The molecule has 288 valence electrons. The molecule has 15 heteroatoms. The van der Waals surface area contributed by atoms with Crippen molar-refractivity contribution in [2.24, 2.45) is 0 Å². The second-order valence-corrected chi connectivity index (χ2v) is 14.0. The minimum absolute atomic E-state index is 0.288. The number of para-hydroxylation sites is 1. The molecule has 0 fully saturated rings. The largest absolute Gasteiger partial charge is 0.378 e. The van der Waals surface area contributed by atoms with Gasteiger partial charge in [-0.2, -0.15) is 5.10 Å². The van der Waals surface area contributed by atoms with Crippen molar-refractivity contribution in [2.75, 3.05) is 10.6 Å². The van der Waals surface area contributed by atoms with E-state index in [4.69, 9.17) is 30.0 Å². The number of hydrogen-bond acceptors (Lipinski definition) is 10. The van der Waals surface area contributed by atoms with E-state index in [2.05, 4.69) is 30.7 Å². The molecule has 0 bridgehead atoms. The van der Waals surface area contributed by atoms with Gasteiger partial charge in [0.2, 0.25) is 0 Å². The van der Waals surface area contributed by atoms with E-state index >= 15 is 0 Å². The molecule has 14 nitrogen and oxygen atoms in total. The maximum atomic E-state index is 14.4. The van der Waals surface area contributed by atoms with E-state index in [0.717, 1.165) is 73.7 Å². The lowest BCUT2D eigenvalue weighted by Gasteiger charge is -2.05. The van der Waals surface area contributed by atoms with Gasteiger partial charge in [0.15, 0.2) is 17.1 Å². The molecule has 0 unspecified atom stereocenters. The van der Waals surface area contributed by atoms with Crippen molar-refractivity contribution >= 4 is 22.7 Å². The summed E-state index contributed by atoms with van der Waals surface area (Å²) in [4.78, 5) is 35.5. The Kier molecular flexibility index (Phi) is 8.86. The van der Waals surface area contributed by atoms with E-state index in [1.54, 1.807) is 27.2 Å². The molecule has 0 amide bonds. The highest BCUT2D eigenvalue weighted by molar-refractivity contribution is 5.78. The number of hydrogen-bond donors (Lipinski definition) is 4. The van der Waals surface area contributed by atoms with Gasteiger partial charge in [0.1, 0.15) is 23.8 Å². The number of fused-ring (bicyclic) bond motifs is 2. The minimum Gasteiger partial charge on any atom is -0.378 e. The second-order valence-electron chi connectivity index (χ2n) is 14.0. The maximum absolute atomic E-state index is 14.4. The number of halogens is 1. The van der Waals surface area contributed by atoms with Crippen LogP contribution >= 0.6 is 0 Å². The predicted octanol–water partition coefficient (Wildman–Crippen LogP) is 8.32. The van der Waals surface area contributed by atoms with Crippen molar-refractivity contribution in [1.29, 1.82) is 0 Å². The molecular weight excluding hydrogens is 744 g/mol. The van der Waals surface area contributed by atoms with Gasteiger partial charge in [-0.05, 0) is 98.8 Å². The number of nitrogens with one attached hydrogen (secondary N) is 4. The third-order valence-electron chi connectivity index (χ3n) is 9.87. The summed E-state index contributed by atoms with van der Waals surface area (Å²) in [5.41, 5.74) is 11.7. The van der Waals surface area contributed by atoms with Gasteiger partial charge < -0.3 is 20.6 Å². The van der Waals surface area contributed by atoms with Crippen molar-refractivity contribution in [1.82, 2.24) is 59.1 Å². The SMILES string of the molecule is Cc1cccc(-c2[nH]c(CNc3ccc(-c4nc5ccc(-c6nc(CNc7ccccc7F)[nH]c6-c6cccc(C)n6)cn5n4)cc3)nc2-c2ccc3ncnn3c2)n1. The molecule has 59 heavy (non-hydrogen) atoms. The molecule has 0 aliphatic carbocycles. The molecule has 8 aromatic heterocycles. The van der Waals surface area contributed by atoms with E-state index in [9.17, 15) is 4.39 Å². The molecule has 0 atom stereocenters. The average molecular weight is 779 g/mol. The van der Waals surface area contributed by atoms with Gasteiger partial charge in [-0.1, -0.05) is 24.3 Å². The van der Waals surface area contributed by atoms with E-state index in [1.807, 2.05) is 111 Å². The third kappa shape index (κ3) is 7.12. The van der Waals surface area contributed by atoms with E-state index in [1.165, 1.54) is 12.4 Å². The first-order valence-electron chi connectivity index (χ1n) is 19.0. The van der Waals surface area contributed by atoms with Crippen LogP contribution in [0.25, 0.3) is 68.0 Å². The summed E-state index contributed by atoms with van der Waals surface area (Å²) in [7, 11) is 0. The zero-order valence-corrected chi connectivity index (χ0v) is 31.9. The Hall–Kier alpha value is -8.07. The van der Waals surface area contributed by atoms with Gasteiger partial charge >= 0.3 is 0 Å². The Morgan fingerprint density at radius 2 is 1.19 bits per heavy atom. The lowest BCUT2D eigenvalue weighted by Crippen LogP contribution is -2.03. The first-order chi connectivity index (χ1) is 28.9. The molecule has 0 saturated heterocycles. The highest BCUT2D eigenvalue weighted by atomic mass is 19.1. The van der Waals surface area contributed by atoms with Crippen LogP contribution in [-0.2, 0) is 13.1 Å². The maximum Gasteiger partial charge on any atom is 0.182 e. The standard InChI is InChI=1S/C44H35FN14/c1-26-7-5-11-34(50-26)42-40(29-15-19-38-48-25-49-58(38)23-29)52-36(54-42)21-46-31-17-13-28(14-18-31)44-56-39-20-16-30(24-59(39)57-44)41-43(35-12-6-8-27(2)51-35)55-37(53-41)22-47-33-10-4-3-9-32(33)45/h3-20,23-25,46-47H,21-22H2,1-2H3,(H,52,54)(H,53,55). The van der Waals surface area contributed by atoms with Crippen LogP contribution in [0.5, 0.6) is 0 Å². The molecule has 2 aromatic carbocycles. The second kappa shape index (κ2) is 14.8. The Balaban J connectivity index is 0.889.